The van der Waals surface area contributed by atoms with E-state index in [0.29, 0.717) is 0 Å². The van der Waals surface area contributed by atoms with Crippen LogP contribution < -0.4 is 15.4 Å². The molecular formula is C11H20N2OS. The van der Waals surface area contributed by atoms with Gasteiger partial charge in [0, 0.05) is 29.9 Å². The minimum absolute atomic E-state index is 0.932. The molecule has 0 saturated carbocycles. The summed E-state index contributed by atoms with van der Waals surface area (Å²) in [7, 11) is 1.70. The second-order valence-corrected chi connectivity index (χ2v) is 4.38. The highest BCUT2D eigenvalue weighted by Gasteiger charge is 1.98. The molecule has 0 aliphatic carbocycles. The maximum atomic E-state index is 5.12. The van der Waals surface area contributed by atoms with E-state index in [0.717, 1.165) is 31.9 Å². The molecule has 1 rings (SSSR count). The maximum absolute atomic E-state index is 5.12. The average molecular weight is 228 g/mol. The van der Waals surface area contributed by atoms with E-state index in [2.05, 4.69) is 23.6 Å². The van der Waals surface area contributed by atoms with Crippen LogP contribution in [0.5, 0.6) is 5.75 Å². The van der Waals surface area contributed by atoms with Crippen LogP contribution in [0.1, 0.15) is 18.2 Å². The summed E-state index contributed by atoms with van der Waals surface area (Å²) in [5.41, 5.74) is 0. The first-order valence-electron chi connectivity index (χ1n) is 5.39. The van der Waals surface area contributed by atoms with Crippen LogP contribution in [0.3, 0.4) is 0 Å². The number of hydrogen-bond acceptors (Lipinski definition) is 4. The molecule has 0 aliphatic rings. The molecule has 0 spiro atoms. The summed E-state index contributed by atoms with van der Waals surface area (Å²) >= 11 is 1.73. The van der Waals surface area contributed by atoms with Crippen LogP contribution in [0.2, 0.25) is 0 Å². The molecule has 0 fully saturated rings. The van der Waals surface area contributed by atoms with Crippen LogP contribution in [-0.4, -0.2) is 26.7 Å². The molecule has 0 unspecified atom stereocenters. The molecule has 0 aromatic carbocycles. The van der Waals surface area contributed by atoms with Gasteiger partial charge in [-0.3, -0.25) is 0 Å². The fourth-order valence-electron chi connectivity index (χ4n) is 1.25. The van der Waals surface area contributed by atoms with Gasteiger partial charge in [0.2, 0.25) is 0 Å². The Morgan fingerprint density at radius 2 is 2.07 bits per heavy atom. The molecule has 0 amide bonds. The van der Waals surface area contributed by atoms with Gasteiger partial charge in [-0.2, -0.15) is 0 Å². The first-order chi connectivity index (χ1) is 7.36. The lowest BCUT2D eigenvalue weighted by Crippen LogP contribution is -2.27. The van der Waals surface area contributed by atoms with Crippen LogP contribution >= 0.6 is 11.3 Å². The summed E-state index contributed by atoms with van der Waals surface area (Å²) in [6, 6.07) is 2.08. The molecule has 0 bridgehead atoms. The summed E-state index contributed by atoms with van der Waals surface area (Å²) in [4.78, 5) is 1.32. The van der Waals surface area contributed by atoms with Crippen molar-refractivity contribution >= 4 is 11.3 Å². The van der Waals surface area contributed by atoms with E-state index in [9.17, 15) is 0 Å². The van der Waals surface area contributed by atoms with Gasteiger partial charge in [-0.1, -0.05) is 6.92 Å². The van der Waals surface area contributed by atoms with Crippen molar-refractivity contribution < 1.29 is 4.74 Å². The van der Waals surface area contributed by atoms with Crippen LogP contribution in [0.25, 0.3) is 0 Å². The fourth-order valence-corrected chi connectivity index (χ4v) is 2.05. The standard InChI is InChI=1S/C11H20N2OS/c1-3-4-12-5-6-13-8-11-7-10(14-2)9-15-11/h7,9,12-13H,3-6,8H2,1-2H3. The van der Waals surface area contributed by atoms with Gasteiger partial charge in [-0.15, -0.1) is 11.3 Å². The molecule has 1 aromatic rings. The highest BCUT2D eigenvalue weighted by atomic mass is 32.1. The first kappa shape index (κ1) is 12.5. The topological polar surface area (TPSA) is 33.3 Å². The predicted octanol–water partition coefficient (Wildman–Crippen LogP) is 1.85. The zero-order valence-corrected chi connectivity index (χ0v) is 10.3. The SMILES string of the molecule is CCCNCCNCc1cc(OC)cs1. The largest absolute Gasteiger partial charge is 0.496 e. The Labute approximate surface area is 95.8 Å². The molecular weight excluding hydrogens is 208 g/mol. The molecule has 3 nitrogen and oxygen atoms in total. The van der Waals surface area contributed by atoms with Crippen molar-refractivity contribution in [1.29, 1.82) is 0 Å². The van der Waals surface area contributed by atoms with Crippen molar-refractivity contribution in [3.8, 4) is 5.75 Å². The second kappa shape index (κ2) is 7.68. The quantitative estimate of drug-likeness (QED) is 0.666. The minimum atomic E-state index is 0.932. The highest BCUT2D eigenvalue weighted by Crippen LogP contribution is 2.20. The van der Waals surface area contributed by atoms with Crippen molar-refractivity contribution in [2.45, 2.75) is 19.9 Å². The fraction of sp³-hybridized carbons (Fsp3) is 0.636. The van der Waals surface area contributed by atoms with Gasteiger partial charge >= 0.3 is 0 Å². The number of nitrogens with one attached hydrogen (secondary N) is 2. The molecule has 0 radical (unpaired) electrons. The molecule has 0 aliphatic heterocycles. The van der Waals surface area contributed by atoms with Gasteiger partial charge in [0.1, 0.15) is 5.75 Å². The molecule has 0 atom stereocenters. The van der Waals surface area contributed by atoms with Gasteiger partial charge in [0.15, 0.2) is 0 Å². The van der Waals surface area contributed by atoms with Gasteiger partial charge in [0.05, 0.1) is 7.11 Å². The van der Waals surface area contributed by atoms with E-state index in [4.69, 9.17) is 4.74 Å². The lowest BCUT2D eigenvalue weighted by atomic mass is 10.4. The van der Waals surface area contributed by atoms with Crippen molar-refractivity contribution in [1.82, 2.24) is 10.6 Å². The van der Waals surface area contributed by atoms with Gasteiger partial charge in [0.25, 0.3) is 0 Å². The summed E-state index contributed by atoms with van der Waals surface area (Å²) < 4.78 is 5.12. The minimum Gasteiger partial charge on any atom is -0.496 e. The summed E-state index contributed by atoms with van der Waals surface area (Å²) in [6.45, 7) is 6.27. The Hall–Kier alpha value is -0.580. The summed E-state index contributed by atoms with van der Waals surface area (Å²) in [5.74, 6) is 0.959. The van der Waals surface area contributed by atoms with E-state index in [1.165, 1.54) is 11.3 Å². The zero-order valence-electron chi connectivity index (χ0n) is 9.51. The number of thiophene rings is 1. The van der Waals surface area contributed by atoms with E-state index < -0.39 is 0 Å². The molecule has 4 heteroatoms. The third kappa shape index (κ3) is 5.16. The lowest BCUT2D eigenvalue weighted by molar-refractivity contribution is 0.416. The monoisotopic (exact) mass is 228 g/mol. The van der Waals surface area contributed by atoms with Crippen molar-refractivity contribution in [3.05, 3.63) is 16.3 Å². The van der Waals surface area contributed by atoms with E-state index in [-0.39, 0.29) is 0 Å². The van der Waals surface area contributed by atoms with E-state index in [1.807, 2.05) is 5.38 Å². The second-order valence-electron chi connectivity index (χ2n) is 3.38. The van der Waals surface area contributed by atoms with Crippen LogP contribution in [0.15, 0.2) is 11.4 Å². The number of ether oxygens (including phenoxy) is 1. The number of methoxy groups -OCH3 is 1. The summed E-state index contributed by atoms with van der Waals surface area (Å²) in [5, 5.41) is 8.78. The molecule has 0 saturated heterocycles. The Bertz CT molecular complexity index is 263. The zero-order chi connectivity index (χ0) is 10.9. The van der Waals surface area contributed by atoms with Crippen molar-refractivity contribution in [2.75, 3.05) is 26.7 Å². The third-order valence-corrected chi connectivity index (χ3v) is 2.99. The molecule has 15 heavy (non-hydrogen) atoms. The Morgan fingerprint density at radius 1 is 1.27 bits per heavy atom. The van der Waals surface area contributed by atoms with Crippen LogP contribution in [0.4, 0.5) is 0 Å². The van der Waals surface area contributed by atoms with E-state index >= 15 is 0 Å². The normalized spacial score (nSPS) is 10.5. The molecule has 1 aromatic heterocycles. The van der Waals surface area contributed by atoms with Gasteiger partial charge in [-0.05, 0) is 19.0 Å². The van der Waals surface area contributed by atoms with Crippen molar-refractivity contribution in [2.24, 2.45) is 0 Å². The molecule has 1 heterocycles. The van der Waals surface area contributed by atoms with Crippen molar-refractivity contribution in [3.63, 3.8) is 0 Å². The Morgan fingerprint density at radius 3 is 2.73 bits per heavy atom. The third-order valence-electron chi connectivity index (χ3n) is 2.07. The number of hydrogen-bond donors (Lipinski definition) is 2. The number of rotatable bonds is 8. The smallest absolute Gasteiger partial charge is 0.129 e. The van der Waals surface area contributed by atoms with Gasteiger partial charge in [-0.25, -0.2) is 0 Å². The summed E-state index contributed by atoms with van der Waals surface area (Å²) in [6.07, 6.45) is 1.20. The van der Waals surface area contributed by atoms with Gasteiger partial charge < -0.3 is 15.4 Å². The molecule has 86 valence electrons. The first-order valence-corrected chi connectivity index (χ1v) is 6.27. The molecule has 2 N–H and O–H groups in total. The maximum Gasteiger partial charge on any atom is 0.129 e. The highest BCUT2D eigenvalue weighted by molar-refractivity contribution is 7.10. The lowest BCUT2D eigenvalue weighted by Gasteiger charge is -2.03. The Balaban J connectivity index is 2.04. The average Bonchev–Trinajstić information content (AvgIpc) is 2.71. The predicted molar refractivity (Wildman–Crippen MR) is 65.7 cm³/mol. The Kier molecular flexibility index (Phi) is 6.39. The van der Waals surface area contributed by atoms with Crippen LogP contribution in [-0.2, 0) is 6.54 Å². The van der Waals surface area contributed by atoms with E-state index in [1.54, 1.807) is 18.4 Å². The van der Waals surface area contributed by atoms with Crippen LogP contribution in [0, 0.1) is 0 Å².